The van der Waals surface area contributed by atoms with Crippen molar-refractivity contribution in [3.63, 3.8) is 0 Å². The summed E-state index contributed by atoms with van der Waals surface area (Å²) in [7, 11) is 0. The molecule has 1 aliphatic rings. The zero-order valence-electron chi connectivity index (χ0n) is 10.8. The molecule has 0 amide bonds. The number of nitrogens with one attached hydrogen (secondary N) is 2. The van der Waals surface area contributed by atoms with E-state index in [2.05, 4.69) is 27.3 Å². The number of benzene rings is 1. The number of fused-ring (bicyclic) bond motifs is 4. The Balaban J connectivity index is 2.18. The van der Waals surface area contributed by atoms with E-state index in [0.29, 0.717) is 5.39 Å². The van der Waals surface area contributed by atoms with Crippen molar-refractivity contribution in [2.24, 2.45) is 0 Å². The fourth-order valence-electron chi connectivity index (χ4n) is 3.17. The number of hydrogen-bond acceptors (Lipinski definition) is 2. The highest BCUT2D eigenvalue weighted by atomic mass is 16.1. The Labute approximate surface area is 109 Å². The van der Waals surface area contributed by atoms with Gasteiger partial charge in [-0.2, -0.15) is 5.10 Å². The van der Waals surface area contributed by atoms with Gasteiger partial charge < -0.3 is 4.98 Å². The number of aromatic nitrogens is 3. The maximum Gasteiger partial charge on any atom is 0.259 e. The van der Waals surface area contributed by atoms with Crippen LogP contribution in [0.15, 0.2) is 16.9 Å². The largest absolute Gasteiger partial charge is 0.321 e. The van der Waals surface area contributed by atoms with Gasteiger partial charge in [-0.05, 0) is 55.9 Å². The van der Waals surface area contributed by atoms with Crippen LogP contribution in [-0.2, 0) is 12.8 Å². The topological polar surface area (TPSA) is 61.5 Å². The van der Waals surface area contributed by atoms with Gasteiger partial charge >= 0.3 is 0 Å². The van der Waals surface area contributed by atoms with Crippen molar-refractivity contribution < 1.29 is 0 Å². The SMILES string of the molecule is Cc1[nH]nc2c1c(=O)[nH]c1cc3c(cc12)CCCC3. The van der Waals surface area contributed by atoms with Crippen LogP contribution in [0.25, 0.3) is 21.8 Å². The first-order valence-corrected chi connectivity index (χ1v) is 6.76. The lowest BCUT2D eigenvalue weighted by atomic mass is 9.90. The molecule has 0 spiro atoms. The number of nitrogens with zero attached hydrogens (tertiary/aromatic N) is 1. The zero-order valence-corrected chi connectivity index (χ0v) is 10.8. The first kappa shape index (κ1) is 10.8. The molecule has 4 nitrogen and oxygen atoms in total. The van der Waals surface area contributed by atoms with E-state index in [-0.39, 0.29) is 5.56 Å². The highest BCUT2D eigenvalue weighted by molar-refractivity contribution is 6.04. The molecule has 0 atom stereocenters. The highest BCUT2D eigenvalue weighted by Gasteiger charge is 2.15. The first-order chi connectivity index (χ1) is 9.24. The molecule has 1 aliphatic carbocycles. The van der Waals surface area contributed by atoms with E-state index in [1.807, 2.05) is 6.92 Å². The van der Waals surface area contributed by atoms with Crippen LogP contribution in [-0.4, -0.2) is 15.2 Å². The van der Waals surface area contributed by atoms with Gasteiger partial charge in [-0.15, -0.1) is 0 Å². The molecular formula is C15H15N3O. The summed E-state index contributed by atoms with van der Waals surface area (Å²) in [6.07, 6.45) is 4.75. The van der Waals surface area contributed by atoms with Crippen LogP contribution < -0.4 is 5.56 Å². The second-order valence-corrected chi connectivity index (χ2v) is 5.40. The number of aromatic amines is 2. The molecule has 0 bridgehead atoms. The lowest BCUT2D eigenvalue weighted by molar-refractivity contribution is 0.687. The molecule has 2 aromatic heterocycles. The maximum atomic E-state index is 12.1. The van der Waals surface area contributed by atoms with Gasteiger partial charge in [-0.3, -0.25) is 9.89 Å². The summed E-state index contributed by atoms with van der Waals surface area (Å²) in [4.78, 5) is 15.1. The minimum Gasteiger partial charge on any atom is -0.321 e. The van der Waals surface area contributed by atoms with Crippen molar-refractivity contribution in [3.05, 3.63) is 39.3 Å². The summed E-state index contributed by atoms with van der Waals surface area (Å²) >= 11 is 0. The molecule has 96 valence electrons. The van der Waals surface area contributed by atoms with Crippen LogP contribution in [0.5, 0.6) is 0 Å². The quantitative estimate of drug-likeness (QED) is 0.647. The number of pyridine rings is 1. The van der Waals surface area contributed by atoms with E-state index in [9.17, 15) is 4.79 Å². The van der Waals surface area contributed by atoms with Gasteiger partial charge in [0.2, 0.25) is 0 Å². The van der Waals surface area contributed by atoms with Crippen molar-refractivity contribution in [3.8, 4) is 0 Å². The van der Waals surface area contributed by atoms with Crippen LogP contribution in [0.3, 0.4) is 0 Å². The van der Waals surface area contributed by atoms with Crippen molar-refractivity contribution >= 4 is 21.8 Å². The van der Waals surface area contributed by atoms with E-state index < -0.39 is 0 Å². The molecule has 0 fully saturated rings. The summed E-state index contributed by atoms with van der Waals surface area (Å²) in [5, 5.41) is 8.97. The Morgan fingerprint density at radius 3 is 2.68 bits per heavy atom. The Kier molecular flexibility index (Phi) is 2.10. The molecule has 1 aromatic carbocycles. The number of aryl methyl sites for hydroxylation is 3. The average molecular weight is 253 g/mol. The Hall–Kier alpha value is -2.10. The molecular weight excluding hydrogens is 238 g/mol. The minimum absolute atomic E-state index is 0.0514. The fraction of sp³-hybridized carbons (Fsp3) is 0.333. The van der Waals surface area contributed by atoms with Gasteiger partial charge in [-0.1, -0.05) is 0 Å². The molecule has 0 saturated heterocycles. The van der Waals surface area contributed by atoms with Gasteiger partial charge in [0, 0.05) is 11.1 Å². The first-order valence-electron chi connectivity index (χ1n) is 6.76. The fourth-order valence-corrected chi connectivity index (χ4v) is 3.17. The van der Waals surface area contributed by atoms with E-state index in [4.69, 9.17) is 0 Å². The van der Waals surface area contributed by atoms with Crippen LogP contribution in [0.4, 0.5) is 0 Å². The smallest absolute Gasteiger partial charge is 0.259 e. The molecule has 19 heavy (non-hydrogen) atoms. The summed E-state index contributed by atoms with van der Waals surface area (Å²) in [5.74, 6) is 0. The van der Waals surface area contributed by atoms with Crippen molar-refractivity contribution in [2.45, 2.75) is 32.6 Å². The Bertz CT molecular complexity index is 857. The molecule has 2 heterocycles. The van der Waals surface area contributed by atoms with Crippen molar-refractivity contribution in [1.29, 1.82) is 0 Å². The van der Waals surface area contributed by atoms with E-state index in [1.54, 1.807) is 0 Å². The summed E-state index contributed by atoms with van der Waals surface area (Å²) in [6.45, 7) is 1.88. The third kappa shape index (κ3) is 1.46. The molecule has 0 unspecified atom stereocenters. The molecule has 3 aromatic rings. The number of hydrogen-bond donors (Lipinski definition) is 2. The van der Waals surface area contributed by atoms with E-state index in [1.165, 1.54) is 24.0 Å². The Morgan fingerprint density at radius 1 is 1.16 bits per heavy atom. The predicted octanol–water partition coefficient (Wildman–Crippen LogP) is 2.59. The molecule has 2 N–H and O–H groups in total. The lowest BCUT2D eigenvalue weighted by Gasteiger charge is -2.16. The van der Waals surface area contributed by atoms with Crippen LogP contribution in [0.2, 0.25) is 0 Å². The van der Waals surface area contributed by atoms with Crippen LogP contribution >= 0.6 is 0 Å². The molecule has 0 saturated carbocycles. The van der Waals surface area contributed by atoms with Crippen LogP contribution in [0, 0.1) is 6.92 Å². The van der Waals surface area contributed by atoms with Crippen molar-refractivity contribution in [2.75, 3.05) is 0 Å². The average Bonchev–Trinajstić information content (AvgIpc) is 2.80. The summed E-state index contributed by atoms with van der Waals surface area (Å²) < 4.78 is 0. The Morgan fingerprint density at radius 2 is 1.89 bits per heavy atom. The third-order valence-corrected chi connectivity index (χ3v) is 4.16. The van der Waals surface area contributed by atoms with Gasteiger partial charge in [0.1, 0.15) is 5.52 Å². The second kappa shape index (κ2) is 3.70. The number of rotatable bonds is 0. The van der Waals surface area contributed by atoms with Gasteiger partial charge in [0.05, 0.1) is 10.9 Å². The molecule has 0 radical (unpaired) electrons. The van der Waals surface area contributed by atoms with Crippen molar-refractivity contribution in [1.82, 2.24) is 15.2 Å². The minimum atomic E-state index is -0.0514. The summed E-state index contributed by atoms with van der Waals surface area (Å²) in [6, 6.07) is 4.34. The van der Waals surface area contributed by atoms with Gasteiger partial charge in [0.25, 0.3) is 5.56 Å². The standard InChI is InChI=1S/C15H15N3O/c1-8-13-14(18-17-8)11-6-9-4-2-3-5-10(9)7-12(11)16-15(13)19/h6-7H,2-5H2,1H3,(H,16,19)(H,17,18). The van der Waals surface area contributed by atoms with E-state index in [0.717, 1.165) is 35.0 Å². The maximum absolute atomic E-state index is 12.1. The van der Waals surface area contributed by atoms with E-state index >= 15 is 0 Å². The third-order valence-electron chi connectivity index (χ3n) is 4.16. The normalized spacial score (nSPS) is 15.0. The second-order valence-electron chi connectivity index (χ2n) is 5.40. The predicted molar refractivity (Wildman–Crippen MR) is 75.6 cm³/mol. The lowest BCUT2D eigenvalue weighted by Crippen LogP contribution is -2.08. The molecule has 4 rings (SSSR count). The number of H-pyrrole nitrogens is 2. The summed E-state index contributed by atoms with van der Waals surface area (Å²) in [5.41, 5.74) is 5.27. The molecule has 4 heteroatoms. The molecule has 0 aliphatic heterocycles. The van der Waals surface area contributed by atoms with Crippen LogP contribution in [0.1, 0.15) is 29.7 Å². The van der Waals surface area contributed by atoms with Gasteiger partial charge in [-0.25, -0.2) is 0 Å². The zero-order chi connectivity index (χ0) is 13.0. The monoisotopic (exact) mass is 253 g/mol. The highest BCUT2D eigenvalue weighted by Crippen LogP contribution is 2.28. The van der Waals surface area contributed by atoms with Gasteiger partial charge in [0.15, 0.2) is 0 Å².